The summed E-state index contributed by atoms with van der Waals surface area (Å²) < 4.78 is 1.44. The third-order valence-corrected chi connectivity index (χ3v) is 6.13. The molecule has 1 aromatic carbocycles. The number of nitrogens with zero attached hydrogens (tertiary/aromatic N) is 1. The molecule has 1 saturated carbocycles. The average molecular weight is 297 g/mol. The largest absolute Gasteiger partial charge is 0.305 e. The van der Waals surface area contributed by atoms with Crippen molar-refractivity contribution in [2.45, 2.75) is 25.7 Å². The van der Waals surface area contributed by atoms with Crippen LogP contribution in [-0.4, -0.2) is 25.5 Å². The highest BCUT2D eigenvalue weighted by molar-refractivity contribution is 7.17. The Morgan fingerprint density at radius 1 is 1.05 bits per heavy atom. The van der Waals surface area contributed by atoms with Crippen molar-refractivity contribution in [1.29, 1.82) is 0 Å². The van der Waals surface area contributed by atoms with Crippen LogP contribution in [-0.2, 0) is 0 Å². The monoisotopic (exact) mass is 297 g/mol. The second kappa shape index (κ2) is 5.26. The van der Waals surface area contributed by atoms with Gasteiger partial charge in [-0.15, -0.1) is 11.3 Å². The van der Waals surface area contributed by atoms with Gasteiger partial charge in [-0.1, -0.05) is 12.1 Å². The Morgan fingerprint density at radius 3 is 2.57 bits per heavy atom. The normalized spacial score (nSPS) is 25.3. The van der Waals surface area contributed by atoms with Gasteiger partial charge in [-0.25, -0.2) is 0 Å². The van der Waals surface area contributed by atoms with Crippen molar-refractivity contribution in [1.82, 2.24) is 4.90 Å². The van der Waals surface area contributed by atoms with Crippen molar-refractivity contribution in [2.75, 3.05) is 20.6 Å². The van der Waals surface area contributed by atoms with E-state index in [2.05, 4.69) is 48.6 Å². The summed E-state index contributed by atoms with van der Waals surface area (Å²) in [5.74, 6) is 1.64. The molecule has 21 heavy (non-hydrogen) atoms. The van der Waals surface area contributed by atoms with Gasteiger partial charge >= 0.3 is 0 Å². The van der Waals surface area contributed by atoms with Crippen molar-refractivity contribution in [3.05, 3.63) is 40.8 Å². The summed E-state index contributed by atoms with van der Waals surface area (Å²) in [7, 11) is 4.41. The quantitative estimate of drug-likeness (QED) is 0.767. The summed E-state index contributed by atoms with van der Waals surface area (Å²) in [5, 5.41) is 3.71. The molecule has 2 aromatic rings. The van der Waals surface area contributed by atoms with Gasteiger partial charge in [-0.2, -0.15) is 0 Å². The standard InChI is InChI=1S/C19H23NS/c1-20(2)12-17-13-6-8-14(9-7-13)19(17)16-4-3-5-18-15(16)10-11-21-18/h3-5,10-11,13-14H,6-9,12H2,1-2H3. The van der Waals surface area contributed by atoms with E-state index in [0.717, 1.165) is 18.4 Å². The molecular weight excluding hydrogens is 274 g/mol. The van der Waals surface area contributed by atoms with Crippen LogP contribution in [0.4, 0.5) is 0 Å². The summed E-state index contributed by atoms with van der Waals surface area (Å²) >= 11 is 1.87. The average Bonchev–Trinajstić information content (AvgIpc) is 2.96. The Bertz CT molecular complexity index is 686. The predicted octanol–water partition coefficient (Wildman–Crippen LogP) is 5.04. The number of allylic oxidation sites excluding steroid dienone is 1. The molecule has 5 rings (SSSR count). The summed E-state index contributed by atoms with van der Waals surface area (Å²) in [5.41, 5.74) is 4.97. The van der Waals surface area contributed by atoms with E-state index < -0.39 is 0 Å². The Hall–Kier alpha value is -1.12. The molecule has 0 radical (unpaired) electrons. The first-order chi connectivity index (χ1) is 10.2. The minimum Gasteiger partial charge on any atom is -0.305 e. The smallest absolute Gasteiger partial charge is 0.0348 e. The number of hydrogen-bond donors (Lipinski definition) is 0. The molecule has 2 heteroatoms. The number of thiophene rings is 1. The molecule has 1 aromatic heterocycles. The maximum absolute atomic E-state index is 2.36. The van der Waals surface area contributed by atoms with Gasteiger partial charge in [0.2, 0.25) is 0 Å². The molecule has 3 aliphatic carbocycles. The van der Waals surface area contributed by atoms with E-state index in [1.54, 1.807) is 11.1 Å². The molecule has 0 aliphatic heterocycles. The topological polar surface area (TPSA) is 3.24 Å². The lowest BCUT2D eigenvalue weighted by atomic mass is 9.65. The van der Waals surface area contributed by atoms with E-state index in [-0.39, 0.29) is 0 Å². The van der Waals surface area contributed by atoms with E-state index >= 15 is 0 Å². The fraction of sp³-hybridized carbons (Fsp3) is 0.474. The Labute approximate surface area is 131 Å². The van der Waals surface area contributed by atoms with Crippen molar-refractivity contribution in [2.24, 2.45) is 11.8 Å². The third-order valence-electron chi connectivity index (χ3n) is 5.25. The number of benzene rings is 1. The Morgan fingerprint density at radius 2 is 1.81 bits per heavy atom. The number of rotatable bonds is 3. The van der Waals surface area contributed by atoms with E-state index in [1.807, 2.05) is 11.3 Å². The van der Waals surface area contributed by atoms with Crippen molar-refractivity contribution < 1.29 is 0 Å². The van der Waals surface area contributed by atoms with Gasteiger partial charge < -0.3 is 4.90 Å². The molecule has 2 bridgehead atoms. The van der Waals surface area contributed by atoms with Crippen LogP contribution >= 0.6 is 11.3 Å². The first-order valence-electron chi connectivity index (χ1n) is 8.08. The highest BCUT2D eigenvalue weighted by Crippen LogP contribution is 2.50. The molecule has 1 heterocycles. The van der Waals surface area contributed by atoms with Gasteiger partial charge in [0.15, 0.2) is 0 Å². The van der Waals surface area contributed by atoms with Crippen molar-refractivity contribution in [3.8, 4) is 0 Å². The second-order valence-corrected chi connectivity index (χ2v) is 7.81. The van der Waals surface area contributed by atoms with Gasteiger partial charge in [0, 0.05) is 11.2 Å². The highest BCUT2D eigenvalue weighted by Gasteiger charge is 2.35. The minimum atomic E-state index is 0.801. The lowest BCUT2D eigenvalue weighted by Gasteiger charge is -2.41. The number of hydrogen-bond acceptors (Lipinski definition) is 2. The van der Waals surface area contributed by atoms with Crippen molar-refractivity contribution in [3.63, 3.8) is 0 Å². The zero-order valence-corrected chi connectivity index (χ0v) is 13.7. The molecule has 110 valence electrons. The molecule has 1 nitrogen and oxygen atoms in total. The summed E-state index contributed by atoms with van der Waals surface area (Å²) in [6.07, 6.45) is 5.63. The molecule has 3 aliphatic rings. The second-order valence-electron chi connectivity index (χ2n) is 6.86. The molecular formula is C19H23NS. The third kappa shape index (κ3) is 2.25. The SMILES string of the molecule is CN(C)CC1=C(c2cccc3sccc23)C2CCC1CC2. The zero-order chi connectivity index (χ0) is 14.4. The Kier molecular flexibility index (Phi) is 3.39. The van der Waals surface area contributed by atoms with E-state index in [4.69, 9.17) is 0 Å². The van der Waals surface area contributed by atoms with Crippen LogP contribution in [0.25, 0.3) is 15.7 Å². The fourth-order valence-corrected chi connectivity index (χ4v) is 5.20. The summed E-state index contributed by atoms with van der Waals surface area (Å²) in [4.78, 5) is 2.35. The van der Waals surface area contributed by atoms with Gasteiger partial charge in [-0.05, 0) is 91.2 Å². The lowest BCUT2D eigenvalue weighted by Crippen LogP contribution is -2.31. The molecule has 0 N–H and O–H groups in total. The van der Waals surface area contributed by atoms with Crippen molar-refractivity contribution >= 4 is 27.0 Å². The van der Waals surface area contributed by atoms with Gasteiger partial charge in [0.05, 0.1) is 0 Å². The van der Waals surface area contributed by atoms with E-state index in [1.165, 1.54) is 41.3 Å². The van der Waals surface area contributed by atoms with Gasteiger partial charge in [0.1, 0.15) is 0 Å². The van der Waals surface area contributed by atoms with Crippen LogP contribution < -0.4 is 0 Å². The predicted molar refractivity (Wildman–Crippen MR) is 92.7 cm³/mol. The van der Waals surface area contributed by atoms with Crippen LogP contribution in [0.1, 0.15) is 31.2 Å². The van der Waals surface area contributed by atoms with Gasteiger partial charge in [-0.3, -0.25) is 0 Å². The van der Waals surface area contributed by atoms with Crippen LogP contribution in [0.2, 0.25) is 0 Å². The number of fused-ring (bicyclic) bond motifs is 3. The molecule has 1 fully saturated rings. The van der Waals surface area contributed by atoms with Crippen LogP contribution in [0.5, 0.6) is 0 Å². The van der Waals surface area contributed by atoms with Gasteiger partial charge in [0.25, 0.3) is 0 Å². The first-order valence-corrected chi connectivity index (χ1v) is 8.96. The lowest BCUT2D eigenvalue weighted by molar-refractivity contribution is 0.299. The zero-order valence-electron chi connectivity index (χ0n) is 12.9. The maximum Gasteiger partial charge on any atom is 0.0348 e. The molecule has 0 unspecified atom stereocenters. The fourth-order valence-electron chi connectivity index (χ4n) is 4.39. The highest BCUT2D eigenvalue weighted by atomic mass is 32.1. The maximum atomic E-state index is 2.36. The minimum absolute atomic E-state index is 0.801. The first kappa shape index (κ1) is 13.5. The molecule has 0 atom stereocenters. The molecule has 0 saturated heterocycles. The van der Waals surface area contributed by atoms with Crippen LogP contribution in [0.3, 0.4) is 0 Å². The molecule has 0 amide bonds. The summed E-state index contributed by atoms with van der Waals surface area (Å²) in [6, 6.07) is 9.19. The Balaban J connectivity index is 1.92. The van der Waals surface area contributed by atoms with E-state index in [0.29, 0.717) is 0 Å². The summed E-state index contributed by atoms with van der Waals surface area (Å²) in [6.45, 7) is 1.14. The molecule has 0 spiro atoms. The number of likely N-dealkylation sites (N-methyl/N-ethyl adjacent to an activating group) is 1. The van der Waals surface area contributed by atoms with E-state index in [9.17, 15) is 0 Å². The van der Waals surface area contributed by atoms with Crippen LogP contribution in [0.15, 0.2) is 35.2 Å². The van der Waals surface area contributed by atoms with Crippen LogP contribution in [0, 0.1) is 11.8 Å².